The molecule has 1 N–H and O–H groups in total. The Morgan fingerprint density at radius 1 is 1.15 bits per heavy atom. The Bertz CT molecular complexity index is 921. The molecule has 0 unspecified atom stereocenters. The molecular formula is C19H17Br2N3OS. The quantitative estimate of drug-likeness (QED) is 0.169. The van der Waals surface area contributed by atoms with E-state index in [9.17, 15) is 4.79 Å². The van der Waals surface area contributed by atoms with Gasteiger partial charge in [-0.2, -0.15) is 0 Å². The van der Waals surface area contributed by atoms with E-state index in [-0.39, 0.29) is 27.4 Å². The lowest BCUT2D eigenvalue weighted by Crippen LogP contribution is -2.13. The van der Waals surface area contributed by atoms with E-state index in [1.807, 2.05) is 48.5 Å². The van der Waals surface area contributed by atoms with Crippen molar-refractivity contribution < 1.29 is 4.79 Å². The fourth-order valence-corrected chi connectivity index (χ4v) is 3.37. The number of amidine groups is 1. The number of fused-ring (bicyclic) bond motifs is 2. The minimum Gasteiger partial charge on any atom is -0.333 e. The van der Waals surface area contributed by atoms with Gasteiger partial charge in [-0.1, -0.05) is 58.4 Å². The van der Waals surface area contributed by atoms with Gasteiger partial charge in [0.25, 0.3) is 0 Å². The standard InChI is InChI=1S/C19H16BrN3OS.BrH/c1-2-11-21-19(25-17(24)12-20)23-18-13-7-3-5-9-15(13)22-16-10-6-4-8-14(16)18;/h2-10H,1,11-12H2,(H,21,22,23);1H. The minimum atomic E-state index is -0.0158. The third-order valence-electron chi connectivity index (χ3n) is 3.50. The highest BCUT2D eigenvalue weighted by atomic mass is 79.9. The Morgan fingerprint density at radius 3 is 2.27 bits per heavy atom. The van der Waals surface area contributed by atoms with Crippen LogP contribution in [0.1, 0.15) is 0 Å². The number of para-hydroxylation sites is 2. The van der Waals surface area contributed by atoms with Crippen LogP contribution in [0.4, 0.5) is 5.69 Å². The van der Waals surface area contributed by atoms with Crippen molar-refractivity contribution in [3.05, 3.63) is 61.2 Å². The van der Waals surface area contributed by atoms with Crippen LogP contribution in [0.3, 0.4) is 0 Å². The largest absolute Gasteiger partial charge is 0.333 e. The summed E-state index contributed by atoms with van der Waals surface area (Å²) in [4.78, 5) is 21.0. The van der Waals surface area contributed by atoms with Crippen LogP contribution in [0, 0.1) is 0 Å². The monoisotopic (exact) mass is 493 g/mol. The van der Waals surface area contributed by atoms with E-state index in [2.05, 4.69) is 32.8 Å². The van der Waals surface area contributed by atoms with Crippen LogP contribution in [0.5, 0.6) is 0 Å². The third kappa shape index (κ3) is 4.72. The maximum absolute atomic E-state index is 11.9. The average Bonchev–Trinajstić information content (AvgIpc) is 2.65. The highest BCUT2D eigenvalue weighted by Crippen LogP contribution is 2.31. The molecule has 0 saturated heterocycles. The topological polar surface area (TPSA) is 54.4 Å². The molecule has 2 aromatic carbocycles. The zero-order valence-corrected chi connectivity index (χ0v) is 17.9. The molecule has 7 heteroatoms. The van der Waals surface area contributed by atoms with Gasteiger partial charge in [-0.05, 0) is 23.9 Å². The number of benzene rings is 2. The number of hydrogen-bond acceptors (Lipinski definition) is 4. The summed E-state index contributed by atoms with van der Waals surface area (Å²) in [6.07, 6.45) is 1.70. The van der Waals surface area contributed by atoms with Gasteiger partial charge in [0, 0.05) is 10.8 Å². The highest BCUT2D eigenvalue weighted by molar-refractivity contribution is 9.09. The van der Waals surface area contributed by atoms with E-state index in [4.69, 9.17) is 4.98 Å². The number of thioether (sulfide) groups is 1. The van der Waals surface area contributed by atoms with E-state index in [1.165, 1.54) is 0 Å². The molecule has 0 spiro atoms. The molecule has 4 nitrogen and oxygen atoms in total. The first kappa shape index (κ1) is 20.6. The number of carbonyl (C=O) groups is 1. The zero-order chi connectivity index (χ0) is 17.6. The Kier molecular flexibility index (Phi) is 7.81. The van der Waals surface area contributed by atoms with Crippen molar-refractivity contribution in [2.24, 2.45) is 4.99 Å². The second-order valence-corrected chi connectivity index (χ2v) is 6.80. The molecule has 0 radical (unpaired) electrons. The maximum atomic E-state index is 11.9. The second-order valence-electron chi connectivity index (χ2n) is 5.19. The first-order valence-corrected chi connectivity index (χ1v) is 9.63. The van der Waals surface area contributed by atoms with E-state index in [0.29, 0.717) is 11.7 Å². The maximum Gasteiger partial charge on any atom is 0.207 e. The van der Waals surface area contributed by atoms with Crippen molar-refractivity contribution in [1.82, 2.24) is 4.98 Å². The molecule has 0 aliphatic carbocycles. The minimum absolute atomic E-state index is 0. The van der Waals surface area contributed by atoms with Crippen LogP contribution in [0.2, 0.25) is 0 Å². The number of alkyl halides is 1. The molecule has 0 bridgehead atoms. The lowest BCUT2D eigenvalue weighted by Gasteiger charge is -2.14. The summed E-state index contributed by atoms with van der Waals surface area (Å²) in [6.45, 7) is 4.13. The van der Waals surface area contributed by atoms with Gasteiger partial charge in [0.2, 0.25) is 5.12 Å². The molecule has 0 aliphatic heterocycles. The van der Waals surface area contributed by atoms with Gasteiger partial charge in [-0.15, -0.1) is 23.6 Å². The van der Waals surface area contributed by atoms with Crippen molar-refractivity contribution in [3.8, 4) is 0 Å². The van der Waals surface area contributed by atoms with Crippen molar-refractivity contribution in [3.63, 3.8) is 0 Å². The smallest absolute Gasteiger partial charge is 0.207 e. The van der Waals surface area contributed by atoms with Crippen LogP contribution < -0.4 is 5.32 Å². The molecule has 26 heavy (non-hydrogen) atoms. The van der Waals surface area contributed by atoms with Crippen LogP contribution in [-0.4, -0.2) is 27.1 Å². The Morgan fingerprint density at radius 2 is 1.73 bits per heavy atom. The molecule has 0 aliphatic rings. The van der Waals surface area contributed by atoms with Gasteiger partial charge in [0.1, 0.15) is 0 Å². The molecule has 1 heterocycles. The number of anilines is 1. The average molecular weight is 495 g/mol. The van der Waals surface area contributed by atoms with E-state index in [1.54, 1.807) is 6.08 Å². The fraction of sp³-hybridized carbons (Fsp3) is 0.105. The van der Waals surface area contributed by atoms with Crippen LogP contribution >= 0.6 is 44.7 Å². The zero-order valence-electron chi connectivity index (χ0n) is 13.8. The molecule has 3 aromatic rings. The summed E-state index contributed by atoms with van der Waals surface area (Å²) in [7, 11) is 0. The van der Waals surface area contributed by atoms with Crippen molar-refractivity contribution >= 4 is 82.4 Å². The van der Waals surface area contributed by atoms with Crippen LogP contribution in [0.15, 0.2) is 66.2 Å². The lowest BCUT2D eigenvalue weighted by atomic mass is 10.1. The summed E-state index contributed by atoms with van der Waals surface area (Å²) in [5, 5.41) is 6.12. The van der Waals surface area contributed by atoms with Crippen LogP contribution in [-0.2, 0) is 4.79 Å². The summed E-state index contributed by atoms with van der Waals surface area (Å²) in [6, 6.07) is 15.9. The number of rotatable bonds is 4. The van der Waals surface area contributed by atoms with Gasteiger partial charge >= 0.3 is 0 Å². The first-order chi connectivity index (χ1) is 12.2. The summed E-state index contributed by atoms with van der Waals surface area (Å²) in [5.41, 5.74) is 2.69. The van der Waals surface area contributed by atoms with E-state index >= 15 is 0 Å². The van der Waals surface area contributed by atoms with Crippen molar-refractivity contribution in [1.29, 1.82) is 0 Å². The van der Waals surface area contributed by atoms with E-state index in [0.717, 1.165) is 39.3 Å². The Hall–Kier alpha value is -1.70. The molecule has 0 amide bonds. The number of aliphatic imine (C=N–C) groups is 1. The number of nitrogens with zero attached hydrogens (tertiary/aromatic N) is 2. The fourth-order valence-electron chi connectivity index (χ4n) is 2.46. The van der Waals surface area contributed by atoms with Crippen molar-refractivity contribution in [2.75, 3.05) is 17.2 Å². The van der Waals surface area contributed by atoms with Crippen molar-refractivity contribution in [2.45, 2.75) is 0 Å². The highest BCUT2D eigenvalue weighted by Gasteiger charge is 2.13. The van der Waals surface area contributed by atoms with Crippen LogP contribution in [0.25, 0.3) is 21.8 Å². The molecule has 3 rings (SSSR count). The molecule has 0 saturated carbocycles. The predicted octanol–water partition coefficient (Wildman–Crippen LogP) is 5.57. The molecule has 1 aromatic heterocycles. The molecule has 0 atom stereocenters. The Labute approximate surface area is 175 Å². The van der Waals surface area contributed by atoms with E-state index < -0.39 is 0 Å². The second kappa shape index (κ2) is 9.85. The number of hydrogen-bond donors (Lipinski definition) is 1. The number of nitrogens with one attached hydrogen (secondary N) is 1. The predicted molar refractivity (Wildman–Crippen MR) is 122 cm³/mol. The van der Waals surface area contributed by atoms with Gasteiger partial charge < -0.3 is 5.32 Å². The number of halogens is 2. The van der Waals surface area contributed by atoms with Gasteiger partial charge in [0.05, 0.1) is 28.6 Å². The SMILES string of the molecule is Br.C=CCN=C(Nc1c2ccccc2nc2ccccc12)SC(=O)CBr. The summed E-state index contributed by atoms with van der Waals surface area (Å²) >= 11 is 4.27. The number of aromatic nitrogens is 1. The summed E-state index contributed by atoms with van der Waals surface area (Å²) in [5.74, 6) is 0. The lowest BCUT2D eigenvalue weighted by molar-refractivity contribution is -0.108. The number of pyridine rings is 1. The molecule has 134 valence electrons. The normalized spacial score (nSPS) is 11.2. The molecule has 0 fully saturated rings. The molecular weight excluding hydrogens is 478 g/mol. The Balaban J connectivity index is 0.00000243. The first-order valence-electron chi connectivity index (χ1n) is 7.69. The van der Waals surface area contributed by atoms with Gasteiger partial charge in [-0.25, -0.2) is 4.98 Å². The third-order valence-corrected chi connectivity index (χ3v) is 5.18. The number of carbonyl (C=O) groups excluding carboxylic acids is 1. The van der Waals surface area contributed by atoms with Gasteiger partial charge in [0.15, 0.2) is 5.17 Å². The van der Waals surface area contributed by atoms with Gasteiger partial charge in [-0.3, -0.25) is 9.79 Å². The summed E-state index contributed by atoms with van der Waals surface area (Å²) < 4.78 is 0.